The standard InChI is InChI=1S/C19H23F2N3O2S/c1-5-14(19(6-2)22-7-8-27-19)25-15-11(3)9-13(10-12(15)4)17-23-18(16(20)21)26-24-17/h7-10,14,16,22H,5-6H2,1-4H3. The van der Waals surface area contributed by atoms with Crippen molar-refractivity contribution in [2.75, 3.05) is 0 Å². The Bertz CT molecular complexity index is 807. The zero-order valence-corrected chi connectivity index (χ0v) is 16.6. The van der Waals surface area contributed by atoms with E-state index in [1.807, 2.05) is 32.2 Å². The van der Waals surface area contributed by atoms with E-state index in [0.29, 0.717) is 5.56 Å². The fourth-order valence-electron chi connectivity index (χ4n) is 3.30. The summed E-state index contributed by atoms with van der Waals surface area (Å²) in [7, 11) is 0. The van der Waals surface area contributed by atoms with E-state index in [2.05, 4.69) is 39.2 Å². The van der Waals surface area contributed by atoms with Crippen molar-refractivity contribution in [3.05, 3.63) is 40.8 Å². The molecule has 2 atom stereocenters. The van der Waals surface area contributed by atoms with Crippen LogP contribution in [0.25, 0.3) is 11.4 Å². The van der Waals surface area contributed by atoms with Crippen molar-refractivity contribution in [3.8, 4) is 17.1 Å². The first-order valence-corrected chi connectivity index (χ1v) is 9.78. The van der Waals surface area contributed by atoms with Gasteiger partial charge in [0.1, 0.15) is 16.7 Å². The predicted octanol–water partition coefficient (Wildman–Crippen LogP) is 5.36. The maximum atomic E-state index is 12.7. The van der Waals surface area contributed by atoms with Crippen molar-refractivity contribution < 1.29 is 18.0 Å². The molecule has 1 aliphatic rings. The molecule has 0 saturated heterocycles. The van der Waals surface area contributed by atoms with Crippen LogP contribution in [-0.4, -0.2) is 21.1 Å². The second-order valence-electron chi connectivity index (χ2n) is 6.52. The minimum Gasteiger partial charge on any atom is -0.487 e. The van der Waals surface area contributed by atoms with Crippen LogP contribution in [-0.2, 0) is 0 Å². The number of rotatable bonds is 7. The zero-order valence-electron chi connectivity index (χ0n) is 15.8. The second-order valence-corrected chi connectivity index (χ2v) is 7.76. The van der Waals surface area contributed by atoms with Gasteiger partial charge in [-0.2, -0.15) is 13.8 Å². The normalized spacial score (nSPS) is 20.1. The van der Waals surface area contributed by atoms with Gasteiger partial charge in [-0.3, -0.25) is 0 Å². The minimum absolute atomic E-state index is 0.0265. The van der Waals surface area contributed by atoms with Crippen molar-refractivity contribution in [1.29, 1.82) is 0 Å². The first kappa shape index (κ1) is 19.7. The molecule has 0 amide bonds. The molecule has 1 N–H and O–H groups in total. The third-order valence-corrected chi connectivity index (χ3v) is 6.06. The number of nitrogens with zero attached hydrogens (tertiary/aromatic N) is 2. The Morgan fingerprint density at radius 1 is 1.26 bits per heavy atom. The van der Waals surface area contributed by atoms with Gasteiger partial charge >= 0.3 is 6.43 Å². The highest BCUT2D eigenvalue weighted by molar-refractivity contribution is 8.03. The molecule has 8 heteroatoms. The van der Waals surface area contributed by atoms with Crippen LogP contribution in [0.2, 0.25) is 0 Å². The highest BCUT2D eigenvalue weighted by Crippen LogP contribution is 2.40. The van der Waals surface area contributed by atoms with Crippen LogP contribution in [0.3, 0.4) is 0 Å². The fourth-order valence-corrected chi connectivity index (χ4v) is 4.35. The number of alkyl halides is 2. The quantitative estimate of drug-likeness (QED) is 0.681. The van der Waals surface area contributed by atoms with Crippen LogP contribution in [0.15, 0.2) is 28.3 Å². The molecule has 146 valence electrons. The number of thioether (sulfide) groups is 1. The number of hydrogen-bond donors (Lipinski definition) is 1. The molecule has 0 spiro atoms. The topological polar surface area (TPSA) is 60.2 Å². The number of nitrogens with one attached hydrogen (secondary N) is 1. The molecule has 0 aliphatic carbocycles. The third-order valence-electron chi connectivity index (χ3n) is 4.70. The lowest BCUT2D eigenvalue weighted by atomic mass is 10.0. The summed E-state index contributed by atoms with van der Waals surface area (Å²) in [5.74, 6) is 0.274. The summed E-state index contributed by atoms with van der Waals surface area (Å²) in [6.45, 7) is 8.10. The van der Waals surface area contributed by atoms with Crippen molar-refractivity contribution >= 4 is 11.8 Å². The largest absolute Gasteiger partial charge is 0.487 e. The molecule has 27 heavy (non-hydrogen) atoms. The smallest absolute Gasteiger partial charge is 0.315 e. The van der Waals surface area contributed by atoms with E-state index in [9.17, 15) is 8.78 Å². The highest BCUT2D eigenvalue weighted by Gasteiger charge is 2.40. The summed E-state index contributed by atoms with van der Waals surface area (Å²) in [6.07, 6.45) is 0.912. The van der Waals surface area contributed by atoms with Crippen molar-refractivity contribution in [2.24, 2.45) is 0 Å². The van der Waals surface area contributed by atoms with Crippen LogP contribution in [0.4, 0.5) is 8.78 Å². The molecular weight excluding hydrogens is 372 g/mol. The molecule has 0 radical (unpaired) electrons. The molecule has 5 nitrogen and oxygen atoms in total. The molecule has 0 saturated carbocycles. The number of benzene rings is 1. The Labute approximate surface area is 161 Å². The molecule has 3 rings (SSSR count). The van der Waals surface area contributed by atoms with Gasteiger partial charge in [-0.25, -0.2) is 0 Å². The van der Waals surface area contributed by atoms with E-state index < -0.39 is 12.3 Å². The Kier molecular flexibility index (Phi) is 5.74. The van der Waals surface area contributed by atoms with Gasteiger partial charge in [-0.05, 0) is 55.4 Å². The van der Waals surface area contributed by atoms with Gasteiger partial charge in [0.15, 0.2) is 0 Å². The first-order valence-electron chi connectivity index (χ1n) is 8.90. The van der Waals surface area contributed by atoms with E-state index in [0.717, 1.165) is 29.7 Å². The molecule has 1 aromatic heterocycles. The molecule has 1 aromatic carbocycles. The Balaban J connectivity index is 1.88. The molecule has 1 aliphatic heterocycles. The van der Waals surface area contributed by atoms with Gasteiger partial charge in [0, 0.05) is 11.8 Å². The second kappa shape index (κ2) is 7.88. The Hall–Kier alpha value is -2.09. The van der Waals surface area contributed by atoms with Gasteiger partial charge in [0.2, 0.25) is 5.82 Å². The molecule has 0 bridgehead atoms. The van der Waals surface area contributed by atoms with Crippen LogP contribution in [0.1, 0.15) is 50.1 Å². The number of ether oxygens (including phenoxy) is 1. The molecule has 0 fully saturated rings. The van der Waals surface area contributed by atoms with Gasteiger partial charge in [0.25, 0.3) is 5.89 Å². The zero-order chi connectivity index (χ0) is 19.6. The average molecular weight is 395 g/mol. The third kappa shape index (κ3) is 3.81. The molecule has 2 heterocycles. The maximum Gasteiger partial charge on any atom is 0.315 e. The minimum atomic E-state index is -2.78. The number of halogens is 2. The fraction of sp³-hybridized carbons (Fsp3) is 0.474. The maximum absolute atomic E-state index is 12.7. The summed E-state index contributed by atoms with van der Waals surface area (Å²) in [4.78, 5) is 3.58. The van der Waals surface area contributed by atoms with Crippen molar-refractivity contribution in [3.63, 3.8) is 0 Å². The van der Waals surface area contributed by atoms with E-state index in [-0.39, 0.29) is 16.8 Å². The number of aromatic nitrogens is 2. The van der Waals surface area contributed by atoms with Gasteiger partial charge in [-0.15, -0.1) is 11.8 Å². The van der Waals surface area contributed by atoms with Crippen LogP contribution >= 0.6 is 11.8 Å². The van der Waals surface area contributed by atoms with Gasteiger partial charge < -0.3 is 14.6 Å². The summed E-state index contributed by atoms with van der Waals surface area (Å²) in [5, 5.41) is 9.14. The van der Waals surface area contributed by atoms with Crippen molar-refractivity contribution in [2.45, 2.75) is 57.9 Å². The lowest BCUT2D eigenvalue weighted by Gasteiger charge is -2.36. The van der Waals surface area contributed by atoms with Crippen LogP contribution in [0, 0.1) is 13.8 Å². The van der Waals surface area contributed by atoms with Crippen LogP contribution in [0.5, 0.6) is 5.75 Å². The highest BCUT2D eigenvalue weighted by atomic mass is 32.2. The lowest BCUT2D eigenvalue weighted by molar-refractivity contribution is 0.106. The Morgan fingerprint density at radius 2 is 1.96 bits per heavy atom. The summed E-state index contributed by atoms with van der Waals surface area (Å²) in [6, 6.07) is 3.67. The van der Waals surface area contributed by atoms with E-state index in [1.165, 1.54) is 0 Å². The van der Waals surface area contributed by atoms with Gasteiger partial charge in [0.05, 0.1) is 0 Å². The average Bonchev–Trinajstić information content (AvgIpc) is 3.31. The Morgan fingerprint density at radius 3 is 2.44 bits per heavy atom. The number of hydrogen-bond acceptors (Lipinski definition) is 6. The predicted molar refractivity (Wildman–Crippen MR) is 102 cm³/mol. The van der Waals surface area contributed by atoms with Gasteiger partial charge in [-0.1, -0.05) is 19.0 Å². The molecule has 2 aromatic rings. The van der Waals surface area contributed by atoms with Crippen molar-refractivity contribution in [1.82, 2.24) is 15.5 Å². The summed E-state index contributed by atoms with van der Waals surface area (Å²) < 4.78 is 36.4. The van der Waals surface area contributed by atoms with E-state index >= 15 is 0 Å². The van der Waals surface area contributed by atoms with Crippen LogP contribution < -0.4 is 10.1 Å². The monoisotopic (exact) mass is 395 g/mol. The lowest BCUT2D eigenvalue weighted by Crippen LogP contribution is -2.49. The summed E-state index contributed by atoms with van der Waals surface area (Å²) in [5.41, 5.74) is 2.42. The number of aryl methyl sites for hydroxylation is 2. The van der Waals surface area contributed by atoms with E-state index in [1.54, 1.807) is 11.8 Å². The van der Waals surface area contributed by atoms with E-state index in [4.69, 9.17) is 4.74 Å². The first-order chi connectivity index (χ1) is 12.9. The summed E-state index contributed by atoms with van der Waals surface area (Å²) >= 11 is 1.74. The molecular formula is C19H23F2N3O2S. The SMILES string of the molecule is CCC(Oc1c(C)cc(-c2noc(C(F)F)n2)cc1C)C1(CC)NC=CS1. The molecule has 2 unspecified atom stereocenters.